The van der Waals surface area contributed by atoms with Crippen molar-refractivity contribution in [3.8, 4) is 0 Å². The number of benzene rings is 1. The summed E-state index contributed by atoms with van der Waals surface area (Å²) in [6, 6.07) is 8.49. The Balaban J connectivity index is 1.45. The van der Waals surface area contributed by atoms with Crippen LogP contribution in [0.15, 0.2) is 36.7 Å². The van der Waals surface area contributed by atoms with Crippen LogP contribution in [0, 0.1) is 0 Å². The molecule has 1 fully saturated rings. The van der Waals surface area contributed by atoms with Crippen LogP contribution < -0.4 is 5.73 Å². The third-order valence-corrected chi connectivity index (χ3v) is 6.32. The van der Waals surface area contributed by atoms with E-state index in [0.717, 1.165) is 0 Å². The maximum atomic E-state index is 12.3. The summed E-state index contributed by atoms with van der Waals surface area (Å²) in [7, 11) is -5.11. The second kappa shape index (κ2) is 10.1. The van der Waals surface area contributed by atoms with Crippen molar-refractivity contribution in [2.45, 2.75) is 37.0 Å². The fourth-order valence-electron chi connectivity index (χ4n) is 3.48. The molecule has 0 amide bonds. The van der Waals surface area contributed by atoms with Gasteiger partial charge in [-0.1, -0.05) is 30.3 Å². The molecular weight excluding hydrogens is 509 g/mol. The van der Waals surface area contributed by atoms with Crippen LogP contribution in [0.2, 0.25) is 5.28 Å². The second-order valence-corrected chi connectivity index (χ2v) is 9.60. The Bertz CT molecular complexity index is 1260. The van der Waals surface area contributed by atoms with Crippen molar-refractivity contribution in [1.82, 2.24) is 19.5 Å². The van der Waals surface area contributed by atoms with Crippen molar-refractivity contribution in [3.63, 3.8) is 0 Å². The number of esters is 1. The molecule has 6 N–H and O–H groups in total. The molecule has 1 aromatic carbocycles. The molecule has 4 rings (SSSR count). The molecule has 35 heavy (non-hydrogen) atoms. The number of aromatic nitrogens is 4. The third kappa shape index (κ3) is 5.44. The maximum absolute atomic E-state index is 12.3. The van der Waals surface area contributed by atoms with Gasteiger partial charge in [0.2, 0.25) is 5.28 Å². The highest BCUT2D eigenvalue weighted by atomic mass is 35.5. The van der Waals surface area contributed by atoms with E-state index in [-0.39, 0.29) is 28.9 Å². The first-order chi connectivity index (χ1) is 16.6. The molecule has 0 spiro atoms. The van der Waals surface area contributed by atoms with E-state index < -0.39 is 50.6 Å². The monoisotopic (exact) mass is 529 g/mol. The number of nitrogens with two attached hydrogens (primary N) is 1. The lowest BCUT2D eigenvalue weighted by Gasteiger charge is -2.21. The summed E-state index contributed by atoms with van der Waals surface area (Å²) in [6.07, 6.45) is -4.33. The van der Waals surface area contributed by atoms with Crippen LogP contribution in [0.5, 0.6) is 0 Å². The van der Waals surface area contributed by atoms with Gasteiger partial charge in [-0.15, -0.1) is 0 Å². The predicted octanol–water partition coefficient (Wildman–Crippen LogP) is -0.0551. The Kier molecular flexibility index (Phi) is 7.35. The van der Waals surface area contributed by atoms with Gasteiger partial charge in [-0.3, -0.25) is 9.13 Å². The number of fused-ring (bicyclic) bond motifs is 1. The van der Waals surface area contributed by atoms with E-state index in [1.165, 1.54) is 10.9 Å². The number of halogens is 1. The number of anilines is 1. The molecular formula is C19H21ClN5O9P. The van der Waals surface area contributed by atoms with Gasteiger partial charge in [0.1, 0.15) is 30.4 Å². The molecule has 188 valence electrons. The van der Waals surface area contributed by atoms with Gasteiger partial charge in [0, 0.05) is 0 Å². The third-order valence-electron chi connectivity index (χ3n) is 5.18. The topological polar surface area (TPSA) is 212 Å². The summed E-state index contributed by atoms with van der Waals surface area (Å²) in [5.41, 5.74) is 6.67. The molecule has 5 atom stereocenters. The van der Waals surface area contributed by atoms with Gasteiger partial charge >= 0.3 is 13.6 Å². The van der Waals surface area contributed by atoms with Gasteiger partial charge in [0.05, 0.1) is 12.9 Å². The number of aliphatic hydroxyl groups is 2. The summed E-state index contributed by atoms with van der Waals surface area (Å²) in [5, 5.41) is 20.8. The first-order valence-corrected chi connectivity index (χ1v) is 12.2. The molecule has 2 aromatic heterocycles. The molecule has 0 radical (unpaired) electrons. The number of carbonyl (C=O) groups is 1. The molecule has 0 aliphatic carbocycles. The number of nitrogen functional groups attached to an aromatic ring is 1. The van der Waals surface area contributed by atoms with Crippen molar-refractivity contribution in [3.05, 3.63) is 47.5 Å². The summed E-state index contributed by atoms with van der Waals surface area (Å²) < 4.78 is 28.9. The summed E-state index contributed by atoms with van der Waals surface area (Å²) in [4.78, 5) is 43.4. The van der Waals surface area contributed by atoms with E-state index in [1.54, 1.807) is 30.3 Å². The van der Waals surface area contributed by atoms with Gasteiger partial charge in [0.15, 0.2) is 17.7 Å². The smallest absolute Gasteiger partial charge is 0.365 e. The molecule has 1 aliphatic heterocycles. The average Bonchev–Trinajstić information content (AvgIpc) is 3.34. The minimum Gasteiger partial charge on any atom is -0.458 e. The van der Waals surface area contributed by atoms with Crippen LogP contribution in [0.25, 0.3) is 11.2 Å². The Morgan fingerprint density at radius 3 is 2.63 bits per heavy atom. The van der Waals surface area contributed by atoms with Crippen LogP contribution in [0.4, 0.5) is 5.82 Å². The van der Waals surface area contributed by atoms with E-state index >= 15 is 0 Å². The Hall–Kier alpha value is -2.68. The standard InChI is InChI=1S/C19H21ClN5O9P/c20-19-23-14(21)11-15(24-19)25(8-22-11)16-13(27)12(26)10(34-16)7-33-18(35(29,30)31)17(28)32-6-9-4-2-1-3-5-9/h1-5,8,10,12-13,16,18,26-27H,6-7H2,(H2,21,23,24)(H2,29,30,31)/t10-,12-,13-,16?,18?/m1/s1. The Labute approximate surface area is 202 Å². The zero-order valence-electron chi connectivity index (χ0n) is 17.8. The van der Waals surface area contributed by atoms with E-state index in [9.17, 15) is 29.4 Å². The number of rotatable bonds is 8. The SMILES string of the molecule is Nc1nc(Cl)nc2c1ncn2C1O[C@H](COC(C(=O)OCc2ccccc2)P(=O)(O)O)[C@@H](O)[C@H]1O. The van der Waals surface area contributed by atoms with Crippen LogP contribution in [0.3, 0.4) is 0 Å². The van der Waals surface area contributed by atoms with Gasteiger partial charge in [0.25, 0.3) is 5.85 Å². The quantitative estimate of drug-likeness (QED) is 0.147. The molecule has 2 unspecified atom stereocenters. The van der Waals surface area contributed by atoms with Gasteiger partial charge < -0.3 is 39.9 Å². The second-order valence-electron chi connectivity index (χ2n) is 7.62. The minimum absolute atomic E-state index is 0.00910. The van der Waals surface area contributed by atoms with Crippen molar-refractivity contribution in [1.29, 1.82) is 0 Å². The highest BCUT2D eigenvalue weighted by Gasteiger charge is 2.46. The Morgan fingerprint density at radius 1 is 1.23 bits per heavy atom. The lowest BCUT2D eigenvalue weighted by Crippen LogP contribution is -2.36. The molecule has 14 nitrogen and oxygen atoms in total. The van der Waals surface area contributed by atoms with E-state index in [1.807, 2.05) is 0 Å². The van der Waals surface area contributed by atoms with Crippen molar-refractivity contribution < 1.29 is 43.6 Å². The molecule has 1 saturated heterocycles. The normalized spacial score (nSPS) is 23.5. The summed E-state index contributed by atoms with van der Waals surface area (Å²) in [5.74, 6) is -3.57. The zero-order chi connectivity index (χ0) is 25.3. The van der Waals surface area contributed by atoms with Gasteiger partial charge in [-0.2, -0.15) is 9.97 Å². The summed E-state index contributed by atoms with van der Waals surface area (Å²) in [6.45, 7) is -0.889. The highest BCUT2D eigenvalue weighted by Crippen LogP contribution is 2.43. The summed E-state index contributed by atoms with van der Waals surface area (Å²) >= 11 is 5.84. The van der Waals surface area contributed by atoms with Crippen molar-refractivity contribution >= 4 is 42.1 Å². The van der Waals surface area contributed by atoms with Crippen molar-refractivity contribution in [2.75, 3.05) is 12.3 Å². The molecule has 16 heteroatoms. The fraction of sp³-hybridized carbons (Fsp3) is 0.368. The molecule has 0 bridgehead atoms. The lowest BCUT2D eigenvalue weighted by atomic mass is 10.1. The number of ether oxygens (including phenoxy) is 3. The molecule has 3 aromatic rings. The predicted molar refractivity (Wildman–Crippen MR) is 119 cm³/mol. The Morgan fingerprint density at radius 2 is 1.94 bits per heavy atom. The van der Waals surface area contributed by atoms with Gasteiger partial charge in [-0.05, 0) is 17.2 Å². The fourth-order valence-corrected chi connectivity index (χ4v) is 4.28. The lowest BCUT2D eigenvalue weighted by molar-refractivity contribution is -0.157. The number of aliphatic hydroxyl groups excluding tert-OH is 2. The number of imidazole rings is 1. The van der Waals surface area contributed by atoms with Gasteiger partial charge in [-0.25, -0.2) is 9.78 Å². The van der Waals surface area contributed by atoms with E-state index in [4.69, 9.17) is 31.5 Å². The van der Waals surface area contributed by atoms with Crippen LogP contribution in [-0.4, -0.2) is 76.3 Å². The van der Waals surface area contributed by atoms with E-state index in [2.05, 4.69) is 15.0 Å². The molecule has 1 aliphatic rings. The maximum Gasteiger partial charge on any atom is 0.365 e. The van der Waals surface area contributed by atoms with Crippen LogP contribution >= 0.6 is 19.2 Å². The van der Waals surface area contributed by atoms with E-state index in [0.29, 0.717) is 5.56 Å². The van der Waals surface area contributed by atoms with Crippen LogP contribution in [-0.2, 0) is 30.2 Å². The number of nitrogens with zero attached hydrogens (tertiary/aromatic N) is 4. The minimum atomic E-state index is -5.11. The zero-order valence-corrected chi connectivity index (χ0v) is 19.4. The molecule has 0 saturated carbocycles. The number of hydrogen-bond donors (Lipinski definition) is 5. The average molecular weight is 530 g/mol. The van der Waals surface area contributed by atoms with Crippen molar-refractivity contribution in [2.24, 2.45) is 0 Å². The van der Waals surface area contributed by atoms with Crippen LogP contribution in [0.1, 0.15) is 11.8 Å². The molecule has 3 heterocycles. The number of hydrogen-bond acceptors (Lipinski definition) is 11. The first kappa shape index (κ1) is 25.4. The number of carbonyl (C=O) groups excluding carboxylic acids is 1. The highest BCUT2D eigenvalue weighted by molar-refractivity contribution is 7.53. The first-order valence-electron chi connectivity index (χ1n) is 10.1. The largest absolute Gasteiger partial charge is 0.458 e.